The molecule has 1 aromatic rings. The lowest BCUT2D eigenvalue weighted by Gasteiger charge is -2.15. The Morgan fingerprint density at radius 2 is 2.11 bits per heavy atom. The fourth-order valence-electron chi connectivity index (χ4n) is 1.32. The summed E-state index contributed by atoms with van der Waals surface area (Å²) in [6, 6.07) is 0. The van der Waals surface area contributed by atoms with Crippen LogP contribution in [0.5, 0.6) is 0 Å². The monoisotopic (exact) mass is 306 g/mol. The molecule has 0 saturated heterocycles. The Morgan fingerprint density at radius 1 is 1.47 bits per heavy atom. The Balaban J connectivity index is 2.90. The van der Waals surface area contributed by atoms with Crippen LogP contribution in [0.3, 0.4) is 0 Å². The van der Waals surface area contributed by atoms with Crippen LogP contribution in [0.25, 0.3) is 0 Å². The van der Waals surface area contributed by atoms with Crippen molar-refractivity contribution in [2.24, 2.45) is 0 Å². The number of hydrogen-bond donors (Lipinski definition) is 2. The first-order chi connectivity index (χ1) is 8.83. The number of aromatic nitrogens is 1. The Bertz CT molecular complexity index is 553. The van der Waals surface area contributed by atoms with Crippen LogP contribution >= 0.6 is 11.5 Å². The maximum absolute atomic E-state index is 11.9. The van der Waals surface area contributed by atoms with Crippen LogP contribution in [0.1, 0.15) is 13.8 Å². The van der Waals surface area contributed by atoms with Gasteiger partial charge in [-0.15, -0.1) is 0 Å². The van der Waals surface area contributed by atoms with Gasteiger partial charge < -0.3 is 16.0 Å². The lowest BCUT2D eigenvalue weighted by atomic mass is 10.5. The summed E-state index contributed by atoms with van der Waals surface area (Å²) in [5, 5.41) is 3.11. The number of nitrogens with one attached hydrogen (secondary N) is 1. The standard InChI is InChI=1S/C10H18N4O3S2/c1-4-14(3)7(15)6-12-10-8(9(11)13-18-10)19(16,17)5-2/h12H,4-6H2,1-3H3,(H2,11,13). The van der Waals surface area contributed by atoms with Crippen LogP contribution < -0.4 is 11.1 Å². The van der Waals surface area contributed by atoms with Crippen molar-refractivity contribution in [3.8, 4) is 0 Å². The summed E-state index contributed by atoms with van der Waals surface area (Å²) in [6.07, 6.45) is 0. The molecule has 0 aliphatic rings. The van der Waals surface area contributed by atoms with Crippen LogP contribution in [0.2, 0.25) is 0 Å². The van der Waals surface area contributed by atoms with Crippen LogP contribution in [0, 0.1) is 0 Å². The predicted octanol–water partition coefficient (Wildman–Crippen LogP) is 0.409. The molecule has 0 saturated carbocycles. The first kappa shape index (κ1) is 15.7. The van der Waals surface area contributed by atoms with Crippen molar-refractivity contribution in [1.82, 2.24) is 9.27 Å². The third-order valence-electron chi connectivity index (χ3n) is 2.67. The summed E-state index contributed by atoms with van der Waals surface area (Å²) in [7, 11) is -1.78. The van der Waals surface area contributed by atoms with Crippen LogP contribution in [-0.4, -0.2) is 49.5 Å². The van der Waals surface area contributed by atoms with Crippen LogP contribution in [-0.2, 0) is 14.6 Å². The van der Waals surface area contributed by atoms with Gasteiger partial charge in [-0.05, 0) is 18.5 Å². The van der Waals surface area contributed by atoms with Gasteiger partial charge in [-0.1, -0.05) is 6.92 Å². The van der Waals surface area contributed by atoms with E-state index in [2.05, 4.69) is 9.69 Å². The second-order valence-corrected chi connectivity index (χ2v) is 6.88. The predicted molar refractivity (Wildman–Crippen MR) is 76.1 cm³/mol. The zero-order valence-electron chi connectivity index (χ0n) is 11.1. The van der Waals surface area contributed by atoms with Crippen molar-refractivity contribution in [1.29, 1.82) is 0 Å². The topological polar surface area (TPSA) is 105 Å². The molecule has 1 heterocycles. The van der Waals surface area contributed by atoms with E-state index in [-0.39, 0.29) is 28.9 Å². The molecule has 0 spiro atoms. The van der Waals surface area contributed by atoms with Gasteiger partial charge in [0.25, 0.3) is 0 Å². The second-order valence-electron chi connectivity index (χ2n) is 3.89. The Morgan fingerprint density at radius 3 is 2.63 bits per heavy atom. The van der Waals surface area contributed by atoms with Gasteiger partial charge in [0.05, 0.1) is 12.3 Å². The lowest BCUT2D eigenvalue weighted by Crippen LogP contribution is -2.32. The Hall–Kier alpha value is -1.35. The molecule has 9 heteroatoms. The first-order valence-corrected chi connectivity index (χ1v) is 8.21. The summed E-state index contributed by atoms with van der Waals surface area (Å²) in [5.74, 6) is -0.215. The summed E-state index contributed by atoms with van der Waals surface area (Å²) < 4.78 is 27.6. The second kappa shape index (κ2) is 6.20. The molecule has 3 N–H and O–H groups in total. The minimum Gasteiger partial charge on any atom is -0.382 e. The van der Waals surface area contributed by atoms with Crippen molar-refractivity contribution in [2.75, 3.05) is 36.9 Å². The normalized spacial score (nSPS) is 11.3. The number of sulfone groups is 1. The number of nitrogens with two attached hydrogens (primary N) is 1. The average Bonchev–Trinajstić information content (AvgIpc) is 2.76. The molecule has 19 heavy (non-hydrogen) atoms. The van der Waals surface area contributed by atoms with Gasteiger partial charge >= 0.3 is 0 Å². The SMILES string of the molecule is CCN(C)C(=O)CNc1snc(N)c1S(=O)(=O)CC. The molecule has 0 aromatic carbocycles. The summed E-state index contributed by atoms with van der Waals surface area (Å²) >= 11 is 0.944. The fourth-order valence-corrected chi connectivity index (χ4v) is 3.48. The van der Waals surface area contributed by atoms with Gasteiger partial charge in [0.15, 0.2) is 15.7 Å². The Kier molecular flexibility index (Phi) is 5.12. The highest BCUT2D eigenvalue weighted by molar-refractivity contribution is 7.91. The van der Waals surface area contributed by atoms with Crippen molar-refractivity contribution < 1.29 is 13.2 Å². The molecule has 1 amide bonds. The summed E-state index contributed by atoms with van der Waals surface area (Å²) in [4.78, 5) is 13.2. The molecule has 1 aromatic heterocycles. The minimum atomic E-state index is -3.45. The molecule has 0 radical (unpaired) electrons. The Labute approximate surface area is 116 Å². The smallest absolute Gasteiger partial charge is 0.241 e. The molecule has 1 rings (SSSR count). The fraction of sp³-hybridized carbons (Fsp3) is 0.600. The molecular formula is C10H18N4O3S2. The molecule has 0 aliphatic carbocycles. The number of carbonyl (C=O) groups excluding carboxylic acids is 1. The van der Waals surface area contributed by atoms with Gasteiger partial charge in [0.1, 0.15) is 9.90 Å². The van der Waals surface area contributed by atoms with E-state index in [9.17, 15) is 13.2 Å². The highest BCUT2D eigenvalue weighted by atomic mass is 32.2. The van der Waals surface area contributed by atoms with E-state index in [0.29, 0.717) is 11.5 Å². The third kappa shape index (κ3) is 3.57. The summed E-state index contributed by atoms with van der Waals surface area (Å²) in [6.45, 7) is 3.99. The van der Waals surface area contributed by atoms with E-state index >= 15 is 0 Å². The van der Waals surface area contributed by atoms with E-state index in [4.69, 9.17) is 5.73 Å². The van der Waals surface area contributed by atoms with E-state index in [1.54, 1.807) is 7.05 Å². The van der Waals surface area contributed by atoms with Crippen molar-refractivity contribution in [3.63, 3.8) is 0 Å². The van der Waals surface area contributed by atoms with Gasteiger partial charge in [-0.2, -0.15) is 4.37 Å². The number of anilines is 2. The molecule has 0 aliphatic heterocycles. The van der Waals surface area contributed by atoms with E-state index in [1.165, 1.54) is 11.8 Å². The highest BCUT2D eigenvalue weighted by Crippen LogP contribution is 2.31. The molecule has 0 bridgehead atoms. The summed E-state index contributed by atoms with van der Waals surface area (Å²) in [5.41, 5.74) is 5.58. The molecule has 0 unspecified atom stereocenters. The average molecular weight is 306 g/mol. The third-order valence-corrected chi connectivity index (χ3v) is 5.41. The van der Waals surface area contributed by atoms with Gasteiger partial charge in [-0.3, -0.25) is 4.79 Å². The zero-order chi connectivity index (χ0) is 14.6. The van der Waals surface area contributed by atoms with Gasteiger partial charge in [-0.25, -0.2) is 8.42 Å². The highest BCUT2D eigenvalue weighted by Gasteiger charge is 2.24. The molecular weight excluding hydrogens is 288 g/mol. The number of hydrogen-bond acceptors (Lipinski definition) is 7. The van der Waals surface area contributed by atoms with Gasteiger partial charge in [0, 0.05) is 13.6 Å². The molecule has 0 atom stereocenters. The van der Waals surface area contributed by atoms with Crippen LogP contribution in [0.15, 0.2) is 4.90 Å². The van der Waals surface area contributed by atoms with E-state index in [1.807, 2.05) is 6.92 Å². The number of nitrogen functional groups attached to an aromatic ring is 1. The minimum absolute atomic E-state index is 0.00745. The first-order valence-electron chi connectivity index (χ1n) is 5.79. The largest absolute Gasteiger partial charge is 0.382 e. The molecule has 0 fully saturated rings. The maximum Gasteiger partial charge on any atom is 0.241 e. The molecule has 108 valence electrons. The van der Waals surface area contributed by atoms with E-state index < -0.39 is 9.84 Å². The number of amides is 1. The quantitative estimate of drug-likeness (QED) is 0.788. The van der Waals surface area contributed by atoms with Crippen molar-refractivity contribution in [3.05, 3.63) is 0 Å². The van der Waals surface area contributed by atoms with Crippen LogP contribution in [0.4, 0.5) is 10.8 Å². The lowest BCUT2D eigenvalue weighted by molar-refractivity contribution is -0.127. The molecule has 7 nitrogen and oxygen atoms in total. The van der Waals surface area contributed by atoms with Crippen molar-refractivity contribution >= 4 is 38.1 Å². The number of likely N-dealkylation sites (N-methyl/N-ethyl adjacent to an activating group) is 1. The van der Waals surface area contributed by atoms with Crippen molar-refractivity contribution in [2.45, 2.75) is 18.7 Å². The zero-order valence-corrected chi connectivity index (χ0v) is 12.8. The number of nitrogens with zero attached hydrogens (tertiary/aromatic N) is 2. The van der Waals surface area contributed by atoms with E-state index in [0.717, 1.165) is 11.5 Å². The number of carbonyl (C=O) groups is 1. The maximum atomic E-state index is 11.9. The van der Waals surface area contributed by atoms with Gasteiger partial charge in [0.2, 0.25) is 5.91 Å². The number of rotatable bonds is 6.